The number of carbonyl (C=O) groups is 2. The van der Waals surface area contributed by atoms with Crippen LogP contribution in [0.15, 0.2) is 18.2 Å². The van der Waals surface area contributed by atoms with E-state index in [2.05, 4.69) is 5.32 Å². The second kappa shape index (κ2) is 10.3. The summed E-state index contributed by atoms with van der Waals surface area (Å²) in [6.07, 6.45) is -0.409. The molecule has 1 heterocycles. The van der Waals surface area contributed by atoms with Crippen molar-refractivity contribution in [3.8, 4) is 5.75 Å². The molecule has 33 heavy (non-hydrogen) atoms. The number of hydrogen-bond acceptors (Lipinski definition) is 7. The lowest BCUT2D eigenvalue weighted by Gasteiger charge is -2.32. The predicted molar refractivity (Wildman–Crippen MR) is 122 cm³/mol. The topological polar surface area (TPSA) is 92.3 Å². The van der Waals surface area contributed by atoms with E-state index in [4.69, 9.17) is 23.5 Å². The summed E-state index contributed by atoms with van der Waals surface area (Å²) in [5.41, 5.74) is -1.36. The van der Waals surface area contributed by atoms with Crippen LogP contribution in [0.2, 0.25) is 6.32 Å². The number of amides is 1. The number of carbonyl (C=O) groups excluding carboxylic acids is 2. The number of hydrogen-bond donors (Lipinski definition) is 1. The Balaban J connectivity index is 1.95. The monoisotopic (exact) mass is 467 g/mol. The molecular weight excluding hydrogens is 432 g/mol. The van der Waals surface area contributed by atoms with Gasteiger partial charge in [0.1, 0.15) is 23.2 Å². The molecule has 1 fully saturated rings. The molecule has 1 aromatic carbocycles. The van der Waals surface area contributed by atoms with Crippen LogP contribution in [0, 0.1) is 5.82 Å². The fourth-order valence-corrected chi connectivity index (χ4v) is 3.14. The third-order valence-electron chi connectivity index (χ3n) is 5.55. The van der Waals surface area contributed by atoms with E-state index >= 15 is 0 Å². The van der Waals surface area contributed by atoms with E-state index < -0.39 is 47.8 Å². The van der Waals surface area contributed by atoms with Gasteiger partial charge in [0.2, 0.25) is 0 Å². The van der Waals surface area contributed by atoms with Crippen molar-refractivity contribution in [3.05, 3.63) is 29.6 Å². The molecular formula is C23H35BFNO7. The van der Waals surface area contributed by atoms with Gasteiger partial charge in [0, 0.05) is 18.8 Å². The van der Waals surface area contributed by atoms with Gasteiger partial charge >= 0.3 is 19.2 Å². The van der Waals surface area contributed by atoms with Crippen molar-refractivity contribution in [2.45, 2.75) is 84.1 Å². The maximum Gasteiger partial charge on any atom is 0.461 e. The van der Waals surface area contributed by atoms with Crippen LogP contribution in [0.4, 0.5) is 9.18 Å². The van der Waals surface area contributed by atoms with Gasteiger partial charge in [0.25, 0.3) is 0 Å². The first-order valence-electron chi connectivity index (χ1n) is 11.0. The van der Waals surface area contributed by atoms with Gasteiger partial charge in [0.15, 0.2) is 0 Å². The molecule has 8 nitrogen and oxygen atoms in total. The first-order valence-corrected chi connectivity index (χ1v) is 11.0. The van der Waals surface area contributed by atoms with Crippen molar-refractivity contribution in [1.82, 2.24) is 5.32 Å². The molecule has 1 aliphatic rings. The molecule has 2 rings (SSSR count). The van der Waals surface area contributed by atoms with Crippen LogP contribution in [0.25, 0.3) is 0 Å². The molecule has 0 aromatic heterocycles. The van der Waals surface area contributed by atoms with Gasteiger partial charge in [-0.25, -0.2) is 14.0 Å². The normalized spacial score (nSPS) is 17.9. The number of methoxy groups -OCH3 is 1. The SMILES string of the molecule is COC(=O)[C@H](Cc1ccc(OCCB2OC(C)(C)C(C)(C)O2)cc1F)NC(=O)OC(C)(C)C. The summed E-state index contributed by atoms with van der Waals surface area (Å²) in [7, 11) is 0.790. The standard InChI is InChI=1S/C23H35BFNO7/c1-21(2,3)31-20(28)26-18(19(27)29-8)13-15-9-10-16(14-17(15)25)30-12-11-24-32-22(4,5)23(6,7)33-24/h9-10,14,18H,11-13H2,1-8H3,(H,26,28)/t18-/m0/s1. The highest BCUT2D eigenvalue weighted by Gasteiger charge is 2.50. The molecule has 0 radical (unpaired) electrons. The van der Waals surface area contributed by atoms with Gasteiger partial charge in [-0.2, -0.15) is 0 Å². The van der Waals surface area contributed by atoms with E-state index in [1.165, 1.54) is 19.2 Å². The molecule has 1 aliphatic heterocycles. The van der Waals surface area contributed by atoms with Gasteiger partial charge < -0.3 is 28.8 Å². The molecule has 1 amide bonds. The summed E-state index contributed by atoms with van der Waals surface area (Å²) in [4.78, 5) is 24.1. The third kappa shape index (κ3) is 7.60. The van der Waals surface area contributed by atoms with Gasteiger partial charge in [-0.05, 0) is 60.1 Å². The molecule has 1 aromatic rings. The Morgan fingerprint density at radius 1 is 1.15 bits per heavy atom. The van der Waals surface area contributed by atoms with Crippen LogP contribution in [0.1, 0.15) is 54.0 Å². The van der Waals surface area contributed by atoms with Crippen LogP contribution in [-0.4, -0.2) is 55.7 Å². The van der Waals surface area contributed by atoms with E-state index in [1.54, 1.807) is 26.8 Å². The van der Waals surface area contributed by atoms with Crippen LogP contribution in [0.3, 0.4) is 0 Å². The molecule has 1 N–H and O–H groups in total. The molecule has 0 aliphatic carbocycles. The number of halogens is 1. The lowest BCUT2D eigenvalue weighted by atomic mass is 9.86. The zero-order valence-corrected chi connectivity index (χ0v) is 20.7. The van der Waals surface area contributed by atoms with E-state index in [0.717, 1.165) is 0 Å². The van der Waals surface area contributed by atoms with E-state index in [-0.39, 0.29) is 18.6 Å². The third-order valence-corrected chi connectivity index (χ3v) is 5.55. The van der Waals surface area contributed by atoms with Crippen LogP contribution in [-0.2, 0) is 30.0 Å². The number of alkyl carbamates (subject to hydrolysis) is 1. The van der Waals surface area contributed by atoms with Crippen LogP contribution < -0.4 is 10.1 Å². The number of nitrogens with one attached hydrogen (secondary N) is 1. The second-order valence-corrected chi connectivity index (χ2v) is 10.0. The molecule has 1 atom stereocenters. The summed E-state index contributed by atoms with van der Waals surface area (Å²) in [5, 5.41) is 2.43. The number of benzene rings is 1. The predicted octanol–water partition coefficient (Wildman–Crippen LogP) is 3.91. The first kappa shape index (κ1) is 26.9. The highest BCUT2D eigenvalue weighted by molar-refractivity contribution is 6.45. The van der Waals surface area contributed by atoms with Gasteiger partial charge in [-0.15, -0.1) is 0 Å². The largest absolute Gasteiger partial charge is 0.494 e. The molecule has 0 unspecified atom stereocenters. The Labute approximate surface area is 195 Å². The molecule has 10 heteroatoms. The van der Waals surface area contributed by atoms with E-state index in [1.807, 2.05) is 27.7 Å². The Morgan fingerprint density at radius 2 is 1.76 bits per heavy atom. The van der Waals surface area contributed by atoms with E-state index in [9.17, 15) is 14.0 Å². The average Bonchev–Trinajstić information content (AvgIpc) is 2.87. The molecule has 0 spiro atoms. The second-order valence-electron chi connectivity index (χ2n) is 10.0. The number of esters is 1. The average molecular weight is 467 g/mol. The zero-order valence-electron chi connectivity index (χ0n) is 20.7. The van der Waals surface area contributed by atoms with Gasteiger partial charge in [-0.3, -0.25) is 0 Å². The molecule has 1 saturated heterocycles. The number of ether oxygens (including phenoxy) is 3. The summed E-state index contributed by atoms with van der Waals surface area (Å²) >= 11 is 0. The quantitative estimate of drug-likeness (QED) is 0.458. The van der Waals surface area contributed by atoms with E-state index in [0.29, 0.717) is 12.1 Å². The summed E-state index contributed by atoms with van der Waals surface area (Å²) < 4.78 is 42.1. The Hall–Kier alpha value is -2.33. The highest BCUT2D eigenvalue weighted by Crippen LogP contribution is 2.37. The lowest BCUT2D eigenvalue weighted by Crippen LogP contribution is -2.45. The zero-order chi connectivity index (χ0) is 25.0. The summed E-state index contributed by atoms with van der Waals surface area (Å²) in [6, 6.07) is 3.24. The van der Waals surface area contributed by atoms with Gasteiger partial charge in [-0.1, -0.05) is 6.07 Å². The van der Waals surface area contributed by atoms with Crippen molar-refractivity contribution < 1.29 is 37.5 Å². The van der Waals surface area contributed by atoms with Crippen molar-refractivity contribution in [2.24, 2.45) is 0 Å². The van der Waals surface area contributed by atoms with Crippen molar-refractivity contribution in [1.29, 1.82) is 0 Å². The van der Waals surface area contributed by atoms with Crippen LogP contribution >= 0.6 is 0 Å². The summed E-state index contributed by atoms with van der Waals surface area (Å²) in [6.45, 7) is 13.3. The van der Waals surface area contributed by atoms with Crippen LogP contribution in [0.5, 0.6) is 5.75 Å². The summed E-state index contributed by atoms with van der Waals surface area (Å²) in [5.74, 6) is -0.937. The van der Waals surface area contributed by atoms with Gasteiger partial charge in [0.05, 0.1) is 24.9 Å². The molecule has 0 bridgehead atoms. The molecule has 184 valence electrons. The Kier molecular flexibility index (Phi) is 8.40. The fourth-order valence-electron chi connectivity index (χ4n) is 3.14. The van der Waals surface area contributed by atoms with Crippen molar-refractivity contribution in [3.63, 3.8) is 0 Å². The van der Waals surface area contributed by atoms with Crippen molar-refractivity contribution >= 4 is 19.2 Å². The molecule has 0 saturated carbocycles. The minimum absolute atomic E-state index is 0.105. The van der Waals surface area contributed by atoms with Crippen molar-refractivity contribution in [2.75, 3.05) is 13.7 Å². The highest BCUT2D eigenvalue weighted by atomic mass is 19.1. The maximum absolute atomic E-state index is 14.7. The first-order chi connectivity index (χ1) is 15.1. The maximum atomic E-state index is 14.7. The Bertz CT molecular complexity index is 838. The number of rotatable bonds is 8. The minimum atomic E-state index is -1.10. The lowest BCUT2D eigenvalue weighted by molar-refractivity contribution is -0.143. The Morgan fingerprint density at radius 3 is 2.27 bits per heavy atom. The smallest absolute Gasteiger partial charge is 0.461 e. The minimum Gasteiger partial charge on any atom is -0.494 e. The fraction of sp³-hybridized carbons (Fsp3) is 0.652.